The molecular weight excluding hydrogens is 524 g/mol. The highest BCUT2D eigenvalue weighted by Gasteiger charge is 2.36. The molecule has 0 bridgehead atoms. The smallest absolute Gasteiger partial charge is 0.338 e. The van der Waals surface area contributed by atoms with Crippen LogP contribution in [0.3, 0.4) is 0 Å². The number of nitrogens with zero attached hydrogens (tertiary/aromatic N) is 2. The number of carbonyl (C=O) groups is 1. The minimum Gasteiger partial charge on any atom is -0.496 e. The fourth-order valence-corrected chi connectivity index (χ4v) is 5.98. The lowest BCUT2D eigenvalue weighted by atomic mass is 9.90. The lowest BCUT2D eigenvalue weighted by Gasteiger charge is -2.27. The molecule has 1 atom stereocenters. The number of rotatable bonds is 6. The van der Waals surface area contributed by atoms with Gasteiger partial charge in [0.1, 0.15) is 17.5 Å². The number of hydrogen-bond acceptors (Lipinski definition) is 7. The minimum absolute atomic E-state index is 0.188. The van der Waals surface area contributed by atoms with Crippen LogP contribution in [0.15, 0.2) is 75.7 Å². The van der Waals surface area contributed by atoms with Gasteiger partial charge >= 0.3 is 5.97 Å². The van der Waals surface area contributed by atoms with Crippen molar-refractivity contribution in [3.05, 3.63) is 102 Å². The molecule has 0 N–H and O–H groups in total. The SMILES string of the molecule is CCOC(=O)C1=C(C)N=c2s/c(=C\c3cc(Cl)ccc3OC)c(=O)n2[C@@H]1c1c(OC)ccc2ccccc12. The van der Waals surface area contributed by atoms with Crippen LogP contribution in [0.5, 0.6) is 11.5 Å². The number of thiazole rings is 1. The highest BCUT2D eigenvalue weighted by Crippen LogP contribution is 2.40. The second kappa shape index (κ2) is 10.5. The first-order valence-corrected chi connectivity index (χ1v) is 13.2. The Hall–Kier alpha value is -3.88. The number of fused-ring (bicyclic) bond motifs is 2. The quantitative estimate of drug-likeness (QED) is 0.328. The Morgan fingerprint density at radius 3 is 2.58 bits per heavy atom. The molecule has 0 saturated carbocycles. The van der Waals surface area contributed by atoms with Crippen LogP contribution in [0.1, 0.15) is 31.0 Å². The first-order chi connectivity index (χ1) is 18.4. The molecule has 0 saturated heterocycles. The molecule has 9 heteroatoms. The maximum absolute atomic E-state index is 14.0. The van der Waals surface area contributed by atoms with Gasteiger partial charge in [0.05, 0.1) is 36.6 Å². The molecule has 0 fully saturated rings. The van der Waals surface area contributed by atoms with E-state index in [4.69, 9.17) is 25.8 Å². The maximum Gasteiger partial charge on any atom is 0.338 e. The Morgan fingerprint density at radius 1 is 1.11 bits per heavy atom. The van der Waals surface area contributed by atoms with Crippen molar-refractivity contribution in [2.75, 3.05) is 20.8 Å². The summed E-state index contributed by atoms with van der Waals surface area (Å²) < 4.78 is 18.7. The van der Waals surface area contributed by atoms with E-state index < -0.39 is 12.0 Å². The predicted octanol–water partition coefficient (Wildman–Crippen LogP) is 4.62. The number of esters is 1. The van der Waals surface area contributed by atoms with Gasteiger partial charge < -0.3 is 14.2 Å². The summed E-state index contributed by atoms with van der Waals surface area (Å²) >= 11 is 7.46. The molecule has 5 rings (SSSR count). The summed E-state index contributed by atoms with van der Waals surface area (Å²) in [5.41, 5.74) is 1.82. The number of halogens is 1. The zero-order valence-corrected chi connectivity index (χ0v) is 22.9. The van der Waals surface area contributed by atoms with Crippen LogP contribution in [0.2, 0.25) is 5.02 Å². The monoisotopic (exact) mass is 548 g/mol. The second-order valence-corrected chi connectivity index (χ2v) is 10.0. The Morgan fingerprint density at radius 2 is 1.84 bits per heavy atom. The van der Waals surface area contributed by atoms with Gasteiger partial charge in [-0.3, -0.25) is 9.36 Å². The van der Waals surface area contributed by atoms with Crippen molar-refractivity contribution in [1.82, 2.24) is 4.57 Å². The maximum atomic E-state index is 14.0. The van der Waals surface area contributed by atoms with Crippen molar-refractivity contribution in [3.63, 3.8) is 0 Å². The molecule has 0 unspecified atom stereocenters. The number of aromatic nitrogens is 1. The van der Waals surface area contributed by atoms with Gasteiger partial charge in [-0.25, -0.2) is 9.79 Å². The summed E-state index contributed by atoms with van der Waals surface area (Å²) in [4.78, 5) is 32.5. The van der Waals surface area contributed by atoms with Gasteiger partial charge in [-0.1, -0.05) is 53.3 Å². The lowest BCUT2D eigenvalue weighted by Crippen LogP contribution is -2.40. The van der Waals surface area contributed by atoms with Crippen molar-refractivity contribution in [2.45, 2.75) is 19.9 Å². The van der Waals surface area contributed by atoms with Gasteiger partial charge in [0.25, 0.3) is 5.56 Å². The average Bonchev–Trinajstić information content (AvgIpc) is 3.21. The molecule has 2 heterocycles. The van der Waals surface area contributed by atoms with Gasteiger partial charge in [-0.2, -0.15) is 0 Å². The second-order valence-electron chi connectivity index (χ2n) is 8.59. The van der Waals surface area contributed by atoms with E-state index >= 15 is 0 Å². The molecular formula is C29H25ClN2O5S. The Bertz CT molecular complexity index is 1790. The highest BCUT2D eigenvalue weighted by molar-refractivity contribution is 7.07. The van der Waals surface area contributed by atoms with Crippen molar-refractivity contribution in [1.29, 1.82) is 0 Å². The molecule has 0 radical (unpaired) electrons. The molecule has 38 heavy (non-hydrogen) atoms. The summed E-state index contributed by atoms with van der Waals surface area (Å²) in [5, 5.41) is 2.33. The van der Waals surface area contributed by atoms with Gasteiger partial charge in [-0.05, 0) is 55.0 Å². The van der Waals surface area contributed by atoms with Crippen LogP contribution >= 0.6 is 22.9 Å². The number of hydrogen-bond donors (Lipinski definition) is 0. The molecule has 1 aliphatic rings. The summed E-state index contributed by atoms with van der Waals surface area (Å²) in [6.45, 7) is 3.69. The van der Waals surface area contributed by atoms with Crippen LogP contribution in [-0.4, -0.2) is 31.4 Å². The topological polar surface area (TPSA) is 79.1 Å². The molecule has 0 amide bonds. The number of benzene rings is 3. The average molecular weight is 549 g/mol. The van der Waals surface area contributed by atoms with E-state index in [9.17, 15) is 9.59 Å². The van der Waals surface area contributed by atoms with E-state index in [-0.39, 0.29) is 12.2 Å². The molecule has 7 nitrogen and oxygen atoms in total. The number of ether oxygens (including phenoxy) is 3. The standard InChI is InChI=1S/C29H25ClN2O5S/c1-5-37-28(34)24-16(2)31-29-32(26(24)25-20-9-7-6-8-17(20)10-12-22(25)36-4)27(33)23(38-29)15-18-14-19(30)11-13-21(18)35-3/h6-15,26H,5H2,1-4H3/b23-15-/t26-/m0/s1. The zero-order valence-electron chi connectivity index (χ0n) is 21.3. The van der Waals surface area contributed by atoms with Crippen LogP contribution in [0.4, 0.5) is 0 Å². The molecule has 0 spiro atoms. The first kappa shape index (κ1) is 25.8. The van der Waals surface area contributed by atoms with E-state index in [0.717, 1.165) is 10.8 Å². The van der Waals surface area contributed by atoms with E-state index in [2.05, 4.69) is 4.99 Å². The van der Waals surface area contributed by atoms with Crippen LogP contribution in [0, 0.1) is 0 Å². The van der Waals surface area contributed by atoms with Crippen molar-refractivity contribution in [2.24, 2.45) is 4.99 Å². The van der Waals surface area contributed by atoms with E-state index in [1.807, 2.05) is 36.4 Å². The fraction of sp³-hybridized carbons (Fsp3) is 0.207. The van der Waals surface area contributed by atoms with Gasteiger partial charge in [0, 0.05) is 16.1 Å². The Labute approximate surface area is 227 Å². The minimum atomic E-state index is -0.810. The summed E-state index contributed by atoms with van der Waals surface area (Å²) in [6.07, 6.45) is 1.73. The third-order valence-electron chi connectivity index (χ3n) is 6.42. The zero-order chi connectivity index (χ0) is 27.0. The summed E-state index contributed by atoms with van der Waals surface area (Å²) in [7, 11) is 3.13. The highest BCUT2D eigenvalue weighted by atomic mass is 35.5. The normalized spacial score (nSPS) is 15.3. The van der Waals surface area contributed by atoms with Gasteiger partial charge in [-0.15, -0.1) is 0 Å². The van der Waals surface area contributed by atoms with E-state index in [0.29, 0.717) is 48.3 Å². The van der Waals surface area contributed by atoms with Gasteiger partial charge in [0.2, 0.25) is 0 Å². The number of methoxy groups -OCH3 is 2. The van der Waals surface area contributed by atoms with Crippen LogP contribution < -0.4 is 24.4 Å². The number of allylic oxidation sites excluding steroid dienone is 1. The largest absolute Gasteiger partial charge is 0.496 e. The molecule has 4 aromatic rings. The van der Waals surface area contributed by atoms with Crippen molar-refractivity contribution in [3.8, 4) is 11.5 Å². The van der Waals surface area contributed by atoms with Crippen molar-refractivity contribution < 1.29 is 19.0 Å². The molecule has 0 aliphatic carbocycles. The summed E-state index contributed by atoms with van der Waals surface area (Å²) in [6, 6.07) is 16.0. The summed E-state index contributed by atoms with van der Waals surface area (Å²) in [5.74, 6) is 0.603. The fourth-order valence-electron chi connectivity index (χ4n) is 4.76. The molecule has 1 aromatic heterocycles. The predicted molar refractivity (Wildman–Crippen MR) is 149 cm³/mol. The number of carbonyl (C=O) groups excluding carboxylic acids is 1. The molecule has 3 aromatic carbocycles. The Balaban J connectivity index is 1.86. The van der Waals surface area contributed by atoms with E-state index in [1.165, 1.54) is 11.3 Å². The molecule has 1 aliphatic heterocycles. The Kier molecular flexibility index (Phi) is 7.10. The van der Waals surface area contributed by atoms with Crippen molar-refractivity contribution >= 4 is 45.8 Å². The lowest BCUT2D eigenvalue weighted by molar-refractivity contribution is -0.139. The third kappa shape index (κ3) is 4.40. The van der Waals surface area contributed by atoms with Crippen LogP contribution in [0.25, 0.3) is 16.8 Å². The van der Waals surface area contributed by atoms with Crippen LogP contribution in [-0.2, 0) is 9.53 Å². The first-order valence-electron chi connectivity index (χ1n) is 12.0. The third-order valence-corrected chi connectivity index (χ3v) is 7.64. The van der Waals surface area contributed by atoms with E-state index in [1.54, 1.807) is 56.9 Å². The van der Waals surface area contributed by atoms with Gasteiger partial charge in [0.15, 0.2) is 4.80 Å². The molecule has 194 valence electrons.